The molecule has 18 heavy (non-hydrogen) atoms. The molecule has 2 nitrogen and oxygen atoms in total. The van der Waals surface area contributed by atoms with E-state index in [1.165, 1.54) is 18.2 Å². The minimum atomic E-state index is -0.739. The van der Waals surface area contributed by atoms with Gasteiger partial charge in [0.15, 0.2) is 0 Å². The highest BCUT2D eigenvalue weighted by atomic mass is 19.1. The second kappa shape index (κ2) is 5.00. The molecule has 0 heterocycles. The molecule has 2 N–H and O–H groups in total. The molecule has 0 radical (unpaired) electrons. The van der Waals surface area contributed by atoms with Crippen molar-refractivity contribution < 1.29 is 17.9 Å². The molecular weight excluding hydrogens is 243 g/mol. The molecule has 0 aliphatic carbocycles. The van der Waals surface area contributed by atoms with E-state index in [1.54, 1.807) is 0 Å². The van der Waals surface area contributed by atoms with Crippen LogP contribution in [0, 0.1) is 17.5 Å². The Bertz CT molecular complexity index is 552. The molecule has 0 saturated carbocycles. The Labute approximate surface area is 102 Å². The standard InChI is InChI=1S/C13H10F3NO/c14-9-1-2-13(17)8(3-9)7-18-12-5-10(15)4-11(16)6-12/h1-6H,7,17H2. The van der Waals surface area contributed by atoms with Gasteiger partial charge in [0.25, 0.3) is 0 Å². The third-order valence-corrected chi connectivity index (χ3v) is 2.34. The summed E-state index contributed by atoms with van der Waals surface area (Å²) in [5.41, 5.74) is 6.39. The van der Waals surface area contributed by atoms with Crippen LogP contribution in [0.1, 0.15) is 5.56 Å². The number of hydrogen-bond donors (Lipinski definition) is 1. The van der Waals surface area contributed by atoms with Crippen LogP contribution in [-0.4, -0.2) is 0 Å². The first-order chi connectivity index (χ1) is 8.54. The number of nitrogens with two attached hydrogens (primary N) is 1. The number of halogens is 3. The maximum atomic E-state index is 13.0. The first-order valence-electron chi connectivity index (χ1n) is 5.17. The number of hydrogen-bond acceptors (Lipinski definition) is 2. The SMILES string of the molecule is Nc1ccc(F)cc1COc1cc(F)cc(F)c1. The van der Waals surface area contributed by atoms with E-state index in [9.17, 15) is 13.2 Å². The summed E-state index contributed by atoms with van der Waals surface area (Å²) in [5.74, 6) is -1.90. The van der Waals surface area contributed by atoms with Gasteiger partial charge in [-0.05, 0) is 18.2 Å². The summed E-state index contributed by atoms with van der Waals surface area (Å²) >= 11 is 0. The van der Waals surface area contributed by atoms with Crippen LogP contribution in [0.15, 0.2) is 36.4 Å². The first kappa shape index (κ1) is 12.3. The largest absolute Gasteiger partial charge is 0.489 e. The zero-order chi connectivity index (χ0) is 13.1. The molecule has 0 spiro atoms. The minimum absolute atomic E-state index is 0.0242. The van der Waals surface area contributed by atoms with E-state index in [4.69, 9.17) is 10.5 Å². The summed E-state index contributed by atoms with van der Waals surface area (Å²) in [6.45, 7) is -0.0630. The van der Waals surface area contributed by atoms with E-state index in [1.807, 2.05) is 0 Å². The summed E-state index contributed by atoms with van der Waals surface area (Å²) in [4.78, 5) is 0. The second-order valence-corrected chi connectivity index (χ2v) is 3.74. The van der Waals surface area contributed by atoms with Gasteiger partial charge < -0.3 is 10.5 Å². The van der Waals surface area contributed by atoms with Crippen molar-refractivity contribution in [2.75, 3.05) is 5.73 Å². The van der Waals surface area contributed by atoms with E-state index in [2.05, 4.69) is 0 Å². The maximum absolute atomic E-state index is 13.0. The van der Waals surface area contributed by atoms with Crippen LogP contribution in [0.3, 0.4) is 0 Å². The first-order valence-corrected chi connectivity index (χ1v) is 5.17. The maximum Gasteiger partial charge on any atom is 0.129 e. The van der Waals surface area contributed by atoms with Gasteiger partial charge in [-0.25, -0.2) is 13.2 Å². The molecule has 0 fully saturated rings. The van der Waals surface area contributed by atoms with Gasteiger partial charge in [-0.3, -0.25) is 0 Å². The minimum Gasteiger partial charge on any atom is -0.489 e. The van der Waals surface area contributed by atoms with Crippen LogP contribution in [0.25, 0.3) is 0 Å². The van der Waals surface area contributed by atoms with Gasteiger partial charge >= 0.3 is 0 Å². The van der Waals surface area contributed by atoms with Crippen molar-refractivity contribution in [3.8, 4) is 5.75 Å². The lowest BCUT2D eigenvalue weighted by Crippen LogP contribution is -2.01. The third kappa shape index (κ3) is 2.94. The highest BCUT2D eigenvalue weighted by Crippen LogP contribution is 2.19. The molecule has 0 aliphatic heterocycles. The highest BCUT2D eigenvalue weighted by Gasteiger charge is 2.05. The van der Waals surface area contributed by atoms with Crippen molar-refractivity contribution in [3.05, 3.63) is 59.4 Å². The zero-order valence-corrected chi connectivity index (χ0v) is 9.29. The molecule has 0 saturated heterocycles. The highest BCUT2D eigenvalue weighted by molar-refractivity contribution is 5.46. The number of ether oxygens (including phenoxy) is 1. The van der Waals surface area contributed by atoms with Crippen molar-refractivity contribution in [3.63, 3.8) is 0 Å². The Hall–Kier alpha value is -2.17. The summed E-state index contributed by atoms with van der Waals surface area (Å²) in [5, 5.41) is 0. The van der Waals surface area contributed by atoms with Crippen LogP contribution in [0.5, 0.6) is 5.75 Å². The van der Waals surface area contributed by atoms with E-state index in [0.717, 1.165) is 18.2 Å². The van der Waals surface area contributed by atoms with Crippen LogP contribution < -0.4 is 10.5 Å². The van der Waals surface area contributed by atoms with Gasteiger partial charge in [0.2, 0.25) is 0 Å². The fraction of sp³-hybridized carbons (Fsp3) is 0.0769. The van der Waals surface area contributed by atoms with Gasteiger partial charge in [0.1, 0.15) is 29.8 Å². The molecular formula is C13H10F3NO. The lowest BCUT2D eigenvalue weighted by atomic mass is 10.2. The fourth-order valence-electron chi connectivity index (χ4n) is 1.47. The van der Waals surface area contributed by atoms with Crippen molar-refractivity contribution >= 4 is 5.69 Å². The van der Waals surface area contributed by atoms with Crippen LogP contribution in [-0.2, 0) is 6.61 Å². The quantitative estimate of drug-likeness (QED) is 0.852. The van der Waals surface area contributed by atoms with Gasteiger partial charge in [0.05, 0.1) is 0 Å². The monoisotopic (exact) mass is 253 g/mol. The van der Waals surface area contributed by atoms with Crippen molar-refractivity contribution in [2.45, 2.75) is 6.61 Å². The number of rotatable bonds is 3. The molecule has 0 atom stereocenters. The average Bonchev–Trinajstić information content (AvgIpc) is 2.29. The smallest absolute Gasteiger partial charge is 0.129 e. The summed E-state index contributed by atoms with van der Waals surface area (Å²) in [6.07, 6.45) is 0. The fourth-order valence-corrected chi connectivity index (χ4v) is 1.47. The lowest BCUT2D eigenvalue weighted by molar-refractivity contribution is 0.302. The number of benzene rings is 2. The molecule has 0 aliphatic rings. The summed E-state index contributed by atoms with van der Waals surface area (Å²) in [6, 6.07) is 6.66. The molecule has 0 unspecified atom stereocenters. The van der Waals surface area contributed by atoms with Gasteiger partial charge in [-0.15, -0.1) is 0 Å². The molecule has 0 bridgehead atoms. The average molecular weight is 253 g/mol. The van der Waals surface area contributed by atoms with E-state index in [0.29, 0.717) is 11.3 Å². The number of nitrogen functional groups attached to an aromatic ring is 1. The molecule has 0 aromatic heterocycles. The molecule has 2 rings (SSSR count). The van der Waals surface area contributed by atoms with Gasteiger partial charge in [-0.1, -0.05) is 0 Å². The van der Waals surface area contributed by atoms with E-state index < -0.39 is 17.5 Å². The molecule has 0 amide bonds. The molecule has 2 aromatic carbocycles. The summed E-state index contributed by atoms with van der Waals surface area (Å²) in [7, 11) is 0. The Kier molecular flexibility index (Phi) is 3.41. The predicted octanol–water partition coefficient (Wildman–Crippen LogP) is 3.27. The molecule has 5 heteroatoms. The van der Waals surface area contributed by atoms with Crippen LogP contribution in [0.2, 0.25) is 0 Å². The van der Waals surface area contributed by atoms with Crippen molar-refractivity contribution in [1.29, 1.82) is 0 Å². The predicted molar refractivity (Wildman–Crippen MR) is 61.5 cm³/mol. The Balaban J connectivity index is 2.13. The van der Waals surface area contributed by atoms with Gasteiger partial charge in [-0.2, -0.15) is 0 Å². The molecule has 2 aromatic rings. The van der Waals surface area contributed by atoms with E-state index in [-0.39, 0.29) is 12.4 Å². The lowest BCUT2D eigenvalue weighted by Gasteiger charge is -2.09. The van der Waals surface area contributed by atoms with Crippen LogP contribution >= 0.6 is 0 Å². The molecule has 94 valence electrons. The normalized spacial score (nSPS) is 10.4. The second-order valence-electron chi connectivity index (χ2n) is 3.74. The van der Waals surface area contributed by atoms with Crippen LogP contribution in [0.4, 0.5) is 18.9 Å². The zero-order valence-electron chi connectivity index (χ0n) is 9.29. The Morgan fingerprint density at radius 2 is 1.56 bits per heavy atom. The van der Waals surface area contributed by atoms with Crippen molar-refractivity contribution in [2.24, 2.45) is 0 Å². The van der Waals surface area contributed by atoms with Gasteiger partial charge in [0, 0.05) is 29.4 Å². The van der Waals surface area contributed by atoms with E-state index >= 15 is 0 Å². The van der Waals surface area contributed by atoms with Crippen molar-refractivity contribution in [1.82, 2.24) is 0 Å². The topological polar surface area (TPSA) is 35.2 Å². The summed E-state index contributed by atoms with van der Waals surface area (Å²) < 4.78 is 43.9. The Morgan fingerprint density at radius 1 is 0.889 bits per heavy atom. The third-order valence-electron chi connectivity index (χ3n) is 2.34. The number of anilines is 1. The Morgan fingerprint density at radius 3 is 2.22 bits per heavy atom.